The molecule has 0 fully saturated rings. The Morgan fingerprint density at radius 1 is 1.06 bits per heavy atom. The van der Waals surface area contributed by atoms with Gasteiger partial charge in [-0.05, 0) is 50.2 Å². The van der Waals surface area contributed by atoms with Crippen molar-refractivity contribution >= 4 is 45.6 Å². The van der Waals surface area contributed by atoms with Crippen LogP contribution < -0.4 is 15.4 Å². The maximum absolute atomic E-state index is 13.8. The van der Waals surface area contributed by atoms with Crippen molar-refractivity contribution in [1.29, 1.82) is 0 Å². The monoisotopic (exact) mass is 483 g/mol. The topological polar surface area (TPSA) is 80.3 Å². The van der Waals surface area contributed by atoms with E-state index >= 15 is 0 Å². The highest BCUT2D eigenvalue weighted by Crippen LogP contribution is 2.30. The highest BCUT2D eigenvalue weighted by molar-refractivity contribution is 7.19. The molecule has 3 rings (SSSR count). The maximum Gasteiger partial charge on any atom is 0.269 e. The van der Waals surface area contributed by atoms with E-state index in [1.54, 1.807) is 0 Å². The van der Waals surface area contributed by atoms with Crippen molar-refractivity contribution in [2.24, 2.45) is 0 Å². The number of anilines is 2. The fourth-order valence-corrected chi connectivity index (χ4v) is 3.55. The van der Waals surface area contributed by atoms with E-state index in [4.69, 9.17) is 16.3 Å². The molecule has 0 saturated heterocycles. The molecule has 0 spiro atoms. The van der Waals surface area contributed by atoms with Gasteiger partial charge in [0.2, 0.25) is 5.91 Å². The van der Waals surface area contributed by atoms with Gasteiger partial charge < -0.3 is 10.1 Å². The van der Waals surface area contributed by atoms with Crippen molar-refractivity contribution in [2.75, 3.05) is 10.6 Å². The summed E-state index contributed by atoms with van der Waals surface area (Å²) >= 11 is 7.07. The third kappa shape index (κ3) is 5.98. The van der Waals surface area contributed by atoms with E-state index in [0.717, 1.165) is 23.5 Å². The number of nitrogens with zero attached hydrogens (tertiary/aromatic N) is 1. The van der Waals surface area contributed by atoms with Crippen LogP contribution in [0.5, 0.6) is 5.75 Å². The van der Waals surface area contributed by atoms with Crippen molar-refractivity contribution in [3.63, 3.8) is 0 Å². The normalized spacial score (nSPS) is 11.2. The van der Waals surface area contributed by atoms with Crippen molar-refractivity contribution < 1.29 is 27.5 Å². The summed E-state index contributed by atoms with van der Waals surface area (Å²) in [6.45, 7) is 2.80. The molecule has 2 amide bonds. The fourth-order valence-electron chi connectivity index (χ4n) is 2.51. The molecule has 3 aromatic rings. The van der Waals surface area contributed by atoms with Crippen LogP contribution in [-0.4, -0.2) is 22.4 Å². The highest BCUT2D eigenvalue weighted by atomic mass is 35.5. The lowest BCUT2D eigenvalue weighted by atomic mass is 10.1. The number of amides is 2. The molecule has 0 aliphatic rings. The van der Waals surface area contributed by atoms with Gasteiger partial charge >= 0.3 is 0 Å². The Labute approximate surface area is 190 Å². The summed E-state index contributed by atoms with van der Waals surface area (Å²) in [7, 11) is 0. The predicted octanol–water partition coefficient (Wildman–Crippen LogP) is 5.19. The van der Waals surface area contributed by atoms with Crippen LogP contribution >= 0.6 is 22.9 Å². The molecule has 0 saturated carbocycles. The summed E-state index contributed by atoms with van der Waals surface area (Å²) in [6.07, 6.45) is -0.177. The Bertz CT molecular complexity index is 1150. The first-order valence-corrected chi connectivity index (χ1v) is 10.4. The maximum atomic E-state index is 13.8. The van der Waals surface area contributed by atoms with Crippen LogP contribution in [0.25, 0.3) is 0 Å². The first kappa shape index (κ1) is 23.6. The molecular weight excluding hydrogens is 467 g/mol. The number of hydrogen-bond donors (Lipinski definition) is 2. The first-order valence-electron chi connectivity index (χ1n) is 9.19. The molecule has 32 heavy (non-hydrogen) atoms. The smallest absolute Gasteiger partial charge is 0.269 e. The van der Waals surface area contributed by atoms with Gasteiger partial charge in [-0.25, -0.2) is 18.2 Å². The zero-order valence-electron chi connectivity index (χ0n) is 16.8. The number of carbonyl (C=O) groups excluding carboxylic acids is 2. The van der Waals surface area contributed by atoms with Crippen molar-refractivity contribution in [3.05, 3.63) is 69.9 Å². The third-order valence-electron chi connectivity index (χ3n) is 4.13. The molecule has 11 heteroatoms. The lowest BCUT2D eigenvalue weighted by Gasteiger charge is -2.24. The average Bonchev–Trinajstić information content (AvgIpc) is 3.04. The molecule has 2 N–H and O–H groups in total. The molecule has 1 aromatic heterocycles. The Balaban J connectivity index is 1.63. The van der Waals surface area contributed by atoms with Crippen LogP contribution in [0.3, 0.4) is 0 Å². The van der Waals surface area contributed by atoms with E-state index in [2.05, 4.69) is 15.6 Å². The van der Waals surface area contributed by atoms with E-state index in [1.807, 2.05) is 0 Å². The van der Waals surface area contributed by atoms with Crippen LogP contribution in [0.15, 0.2) is 42.5 Å². The number of benzene rings is 2. The lowest BCUT2D eigenvalue weighted by molar-refractivity contribution is -0.128. The second-order valence-corrected chi connectivity index (χ2v) is 8.71. The van der Waals surface area contributed by atoms with E-state index in [0.29, 0.717) is 11.8 Å². The Hall–Kier alpha value is -3.11. The minimum Gasteiger partial charge on any atom is -0.475 e. The standard InChI is InChI=1S/C21H17ClF3N3O3S/c1-21(2,31-16-8-5-12(24)9-14(16)25)19(30)28-20-27-15(18(22)32-20)10-17(29)26-13-6-3-11(23)4-7-13/h3-9H,10H2,1-2H3,(H,26,29)(H,27,28,30). The van der Waals surface area contributed by atoms with Crippen LogP contribution in [-0.2, 0) is 16.0 Å². The summed E-state index contributed by atoms with van der Waals surface area (Å²) in [5, 5.41) is 5.21. The van der Waals surface area contributed by atoms with Crippen LogP contribution in [0.4, 0.5) is 24.0 Å². The van der Waals surface area contributed by atoms with Gasteiger partial charge in [-0.2, -0.15) is 0 Å². The number of halogens is 4. The summed E-state index contributed by atoms with van der Waals surface area (Å²) in [4.78, 5) is 29.0. The minimum atomic E-state index is -1.53. The van der Waals surface area contributed by atoms with Crippen LogP contribution in [0.1, 0.15) is 19.5 Å². The minimum absolute atomic E-state index is 0.112. The molecule has 6 nitrogen and oxygen atoms in total. The van der Waals surface area contributed by atoms with Gasteiger partial charge in [0.05, 0.1) is 12.1 Å². The lowest BCUT2D eigenvalue weighted by Crippen LogP contribution is -2.42. The van der Waals surface area contributed by atoms with Crippen molar-refractivity contribution in [2.45, 2.75) is 25.9 Å². The van der Waals surface area contributed by atoms with Gasteiger partial charge in [0.15, 0.2) is 22.3 Å². The molecule has 0 aliphatic carbocycles. The van der Waals surface area contributed by atoms with E-state index in [-0.39, 0.29) is 27.3 Å². The molecule has 0 bridgehead atoms. The average molecular weight is 484 g/mol. The van der Waals surface area contributed by atoms with Crippen LogP contribution in [0, 0.1) is 17.5 Å². The van der Waals surface area contributed by atoms with Gasteiger partial charge in [-0.15, -0.1) is 0 Å². The number of rotatable bonds is 7. The zero-order valence-corrected chi connectivity index (χ0v) is 18.4. The van der Waals surface area contributed by atoms with Gasteiger partial charge in [0.25, 0.3) is 5.91 Å². The van der Waals surface area contributed by atoms with Crippen LogP contribution in [0.2, 0.25) is 4.34 Å². The number of carbonyl (C=O) groups is 2. The number of aromatic nitrogens is 1. The Kier molecular flexibility index (Phi) is 7.05. The number of hydrogen-bond acceptors (Lipinski definition) is 5. The van der Waals surface area contributed by atoms with E-state index in [1.165, 1.54) is 38.1 Å². The SMILES string of the molecule is CC(C)(Oc1ccc(F)cc1F)C(=O)Nc1nc(CC(=O)Nc2ccc(F)cc2)c(Cl)s1. The number of nitrogens with one attached hydrogen (secondary N) is 2. The van der Waals surface area contributed by atoms with E-state index < -0.39 is 34.9 Å². The summed E-state index contributed by atoms with van der Waals surface area (Å²) in [5.74, 6) is -3.53. The molecule has 0 aliphatic heterocycles. The van der Waals surface area contributed by atoms with Gasteiger partial charge in [-0.3, -0.25) is 14.9 Å². The largest absolute Gasteiger partial charge is 0.475 e. The molecular formula is C21H17ClF3N3O3S. The molecule has 168 valence electrons. The molecule has 1 heterocycles. The first-order chi connectivity index (χ1) is 15.0. The third-order valence-corrected chi connectivity index (χ3v) is 5.38. The molecule has 0 unspecified atom stereocenters. The summed E-state index contributed by atoms with van der Waals surface area (Å²) < 4.78 is 45.4. The van der Waals surface area contributed by atoms with Gasteiger partial charge in [0, 0.05) is 11.8 Å². The zero-order chi connectivity index (χ0) is 23.5. The Morgan fingerprint density at radius 3 is 2.38 bits per heavy atom. The molecule has 0 atom stereocenters. The predicted molar refractivity (Wildman–Crippen MR) is 116 cm³/mol. The summed E-state index contributed by atoms with van der Waals surface area (Å²) in [5.41, 5.74) is -0.894. The molecule has 2 aromatic carbocycles. The summed E-state index contributed by atoms with van der Waals surface area (Å²) in [6, 6.07) is 7.98. The Morgan fingerprint density at radius 2 is 1.72 bits per heavy atom. The fraction of sp³-hybridized carbons (Fsp3) is 0.190. The van der Waals surface area contributed by atoms with Gasteiger partial charge in [0.1, 0.15) is 16.0 Å². The highest BCUT2D eigenvalue weighted by Gasteiger charge is 2.32. The number of ether oxygens (including phenoxy) is 1. The number of thiazole rings is 1. The quantitative estimate of drug-likeness (QED) is 0.484. The van der Waals surface area contributed by atoms with Crippen molar-refractivity contribution in [1.82, 2.24) is 4.98 Å². The van der Waals surface area contributed by atoms with Gasteiger partial charge in [-0.1, -0.05) is 22.9 Å². The second kappa shape index (κ2) is 9.58. The van der Waals surface area contributed by atoms with E-state index in [9.17, 15) is 22.8 Å². The van der Waals surface area contributed by atoms with Crippen molar-refractivity contribution in [3.8, 4) is 5.75 Å². The second-order valence-electron chi connectivity index (χ2n) is 7.11. The molecule has 0 radical (unpaired) electrons.